The van der Waals surface area contributed by atoms with Crippen molar-refractivity contribution in [2.24, 2.45) is 0 Å². The van der Waals surface area contributed by atoms with Crippen LogP contribution in [0, 0.1) is 20.8 Å². The first kappa shape index (κ1) is 21.3. The lowest BCUT2D eigenvalue weighted by Gasteiger charge is -2.18. The smallest absolute Gasteiger partial charge is 0.310 e. The summed E-state index contributed by atoms with van der Waals surface area (Å²) < 4.78 is 7.07. The van der Waals surface area contributed by atoms with Gasteiger partial charge in [0.25, 0.3) is 5.91 Å². The van der Waals surface area contributed by atoms with Crippen LogP contribution in [0.2, 0.25) is 0 Å². The Bertz CT molecular complexity index is 1040. The van der Waals surface area contributed by atoms with E-state index >= 15 is 0 Å². The first-order valence-electron chi connectivity index (χ1n) is 9.91. The molecule has 0 atom stereocenters. The lowest BCUT2D eigenvalue weighted by atomic mass is 10.1. The Morgan fingerprint density at radius 3 is 2.37 bits per heavy atom. The highest BCUT2D eigenvalue weighted by atomic mass is 16.5. The molecule has 0 spiro atoms. The summed E-state index contributed by atoms with van der Waals surface area (Å²) in [5, 5.41) is 4.55. The lowest BCUT2D eigenvalue weighted by Crippen LogP contribution is -2.31. The molecule has 0 fully saturated rings. The summed E-state index contributed by atoms with van der Waals surface area (Å²) in [6.07, 6.45) is 0.0826. The molecule has 0 saturated heterocycles. The zero-order valence-corrected chi connectivity index (χ0v) is 17.9. The van der Waals surface area contributed by atoms with Gasteiger partial charge in [-0.25, -0.2) is 4.68 Å². The Morgan fingerprint density at radius 2 is 1.67 bits per heavy atom. The maximum atomic E-state index is 12.4. The van der Waals surface area contributed by atoms with Crippen molar-refractivity contribution in [2.75, 3.05) is 13.7 Å². The first-order valence-corrected chi connectivity index (χ1v) is 9.91. The normalized spacial score (nSPS) is 10.7. The summed E-state index contributed by atoms with van der Waals surface area (Å²) in [7, 11) is 1.71. The van der Waals surface area contributed by atoms with Gasteiger partial charge in [0.2, 0.25) is 0 Å². The number of likely N-dealkylation sites (N-methyl/N-ethyl adjacent to an activating group) is 1. The average Bonchev–Trinajstić information content (AvgIpc) is 3.02. The van der Waals surface area contributed by atoms with Crippen LogP contribution in [0.25, 0.3) is 5.69 Å². The highest BCUT2D eigenvalue weighted by Crippen LogP contribution is 2.18. The van der Waals surface area contributed by atoms with Gasteiger partial charge in [-0.1, -0.05) is 42.5 Å². The first-order chi connectivity index (χ1) is 14.4. The van der Waals surface area contributed by atoms with Crippen LogP contribution in [0.3, 0.4) is 0 Å². The molecule has 0 saturated carbocycles. The van der Waals surface area contributed by atoms with Gasteiger partial charge in [0.1, 0.15) is 0 Å². The predicted octanol–water partition coefficient (Wildman–Crippen LogP) is 3.54. The van der Waals surface area contributed by atoms with E-state index in [-0.39, 0.29) is 18.9 Å². The third-order valence-corrected chi connectivity index (χ3v) is 5.21. The fourth-order valence-corrected chi connectivity index (χ4v) is 3.33. The van der Waals surface area contributed by atoms with Crippen molar-refractivity contribution < 1.29 is 14.3 Å². The summed E-state index contributed by atoms with van der Waals surface area (Å²) in [5.74, 6) is -0.675. The Kier molecular flexibility index (Phi) is 6.67. The third kappa shape index (κ3) is 4.95. The van der Waals surface area contributed by atoms with Gasteiger partial charge >= 0.3 is 5.97 Å². The number of nitrogens with zero attached hydrogens (tertiary/aromatic N) is 3. The molecular weight excluding hydrogens is 378 g/mol. The SMILES string of the molecule is Cc1ccccc1CN(C)C(=O)COC(=O)Cc1c(C)nn(-c2ccccc2)c1C. The Labute approximate surface area is 177 Å². The molecule has 1 aromatic heterocycles. The number of aryl methyl sites for hydroxylation is 2. The van der Waals surface area contributed by atoms with E-state index in [0.29, 0.717) is 6.54 Å². The molecule has 2 aromatic carbocycles. The van der Waals surface area contributed by atoms with Crippen molar-refractivity contribution in [3.8, 4) is 5.69 Å². The van der Waals surface area contributed by atoms with E-state index in [1.165, 1.54) is 0 Å². The van der Waals surface area contributed by atoms with Gasteiger partial charge in [0.05, 0.1) is 17.8 Å². The van der Waals surface area contributed by atoms with Crippen LogP contribution in [-0.4, -0.2) is 40.2 Å². The topological polar surface area (TPSA) is 64.4 Å². The molecule has 0 bridgehead atoms. The van der Waals surface area contributed by atoms with Gasteiger partial charge in [0, 0.05) is 24.8 Å². The van der Waals surface area contributed by atoms with Crippen molar-refractivity contribution in [2.45, 2.75) is 33.7 Å². The molecule has 30 heavy (non-hydrogen) atoms. The number of carbonyl (C=O) groups excluding carboxylic acids is 2. The van der Waals surface area contributed by atoms with Crippen LogP contribution in [0.15, 0.2) is 54.6 Å². The summed E-state index contributed by atoms with van der Waals surface area (Å²) in [6, 6.07) is 17.7. The van der Waals surface area contributed by atoms with E-state index in [2.05, 4.69) is 5.10 Å². The van der Waals surface area contributed by atoms with Crippen LogP contribution in [0.5, 0.6) is 0 Å². The van der Waals surface area contributed by atoms with Crippen LogP contribution >= 0.6 is 0 Å². The number of hydrogen-bond donors (Lipinski definition) is 0. The van der Waals surface area contributed by atoms with E-state index in [1.807, 2.05) is 80.1 Å². The minimum atomic E-state index is -0.438. The summed E-state index contributed by atoms with van der Waals surface area (Å²) >= 11 is 0. The van der Waals surface area contributed by atoms with Crippen molar-refractivity contribution in [1.82, 2.24) is 14.7 Å². The van der Waals surface area contributed by atoms with Gasteiger partial charge in [-0.05, 0) is 44.0 Å². The highest BCUT2D eigenvalue weighted by molar-refractivity contribution is 5.81. The molecule has 1 heterocycles. The van der Waals surface area contributed by atoms with E-state index in [0.717, 1.165) is 33.8 Å². The average molecular weight is 405 g/mol. The highest BCUT2D eigenvalue weighted by Gasteiger charge is 2.18. The molecule has 0 unspecified atom stereocenters. The number of benzene rings is 2. The molecule has 0 aliphatic rings. The fraction of sp³-hybridized carbons (Fsp3) is 0.292. The standard InChI is InChI=1S/C24H27N3O3/c1-17-10-8-9-11-20(17)15-26(4)23(28)16-30-24(29)14-22-18(2)25-27(19(22)3)21-12-6-5-7-13-21/h5-13H,14-16H2,1-4H3. The van der Waals surface area contributed by atoms with Gasteiger partial charge < -0.3 is 9.64 Å². The molecule has 0 N–H and O–H groups in total. The van der Waals surface area contributed by atoms with Crippen molar-refractivity contribution in [1.29, 1.82) is 0 Å². The largest absolute Gasteiger partial charge is 0.455 e. The monoisotopic (exact) mass is 405 g/mol. The second-order valence-corrected chi connectivity index (χ2v) is 7.41. The van der Waals surface area contributed by atoms with Crippen molar-refractivity contribution >= 4 is 11.9 Å². The number of amides is 1. The fourth-order valence-electron chi connectivity index (χ4n) is 3.33. The maximum Gasteiger partial charge on any atom is 0.310 e. The molecule has 0 radical (unpaired) electrons. The zero-order chi connectivity index (χ0) is 21.7. The Hall–Kier alpha value is -3.41. The quantitative estimate of drug-likeness (QED) is 0.564. The molecule has 3 aromatic rings. The van der Waals surface area contributed by atoms with E-state index in [4.69, 9.17) is 4.74 Å². The molecule has 3 rings (SSSR count). The van der Waals surface area contributed by atoms with Gasteiger partial charge in [-0.15, -0.1) is 0 Å². The summed E-state index contributed by atoms with van der Waals surface area (Å²) in [4.78, 5) is 26.3. The minimum Gasteiger partial charge on any atom is -0.455 e. The molecule has 6 heteroatoms. The van der Waals surface area contributed by atoms with E-state index in [1.54, 1.807) is 11.9 Å². The Morgan fingerprint density at radius 1 is 1.00 bits per heavy atom. The van der Waals surface area contributed by atoms with Gasteiger partial charge in [-0.3, -0.25) is 9.59 Å². The Balaban J connectivity index is 1.58. The molecular formula is C24H27N3O3. The van der Waals surface area contributed by atoms with Gasteiger partial charge in [0.15, 0.2) is 6.61 Å². The number of ether oxygens (including phenoxy) is 1. The minimum absolute atomic E-state index is 0.0826. The number of aromatic nitrogens is 2. The predicted molar refractivity (Wildman–Crippen MR) is 115 cm³/mol. The maximum absolute atomic E-state index is 12.4. The zero-order valence-electron chi connectivity index (χ0n) is 17.9. The van der Waals surface area contributed by atoms with E-state index in [9.17, 15) is 9.59 Å². The summed E-state index contributed by atoms with van der Waals surface area (Å²) in [6.45, 7) is 6.01. The van der Waals surface area contributed by atoms with Crippen LogP contribution in [-0.2, 0) is 27.3 Å². The van der Waals surface area contributed by atoms with Crippen molar-refractivity contribution in [3.05, 3.63) is 82.7 Å². The summed E-state index contributed by atoms with van der Waals surface area (Å²) in [5.41, 5.74) is 5.61. The molecule has 156 valence electrons. The number of para-hydroxylation sites is 1. The number of rotatable bonds is 7. The van der Waals surface area contributed by atoms with Crippen LogP contribution < -0.4 is 0 Å². The third-order valence-electron chi connectivity index (χ3n) is 5.21. The molecule has 6 nitrogen and oxygen atoms in total. The number of esters is 1. The van der Waals surface area contributed by atoms with Gasteiger partial charge in [-0.2, -0.15) is 5.10 Å². The van der Waals surface area contributed by atoms with Crippen LogP contribution in [0.4, 0.5) is 0 Å². The molecule has 1 amide bonds. The second kappa shape index (κ2) is 9.39. The molecule has 0 aliphatic heterocycles. The number of hydrogen-bond acceptors (Lipinski definition) is 4. The van der Waals surface area contributed by atoms with Crippen LogP contribution in [0.1, 0.15) is 28.1 Å². The van der Waals surface area contributed by atoms with Crippen molar-refractivity contribution in [3.63, 3.8) is 0 Å². The number of carbonyl (C=O) groups is 2. The lowest BCUT2D eigenvalue weighted by molar-refractivity contribution is -0.151. The van der Waals surface area contributed by atoms with E-state index < -0.39 is 5.97 Å². The second-order valence-electron chi connectivity index (χ2n) is 7.41. The molecule has 0 aliphatic carbocycles.